The number of thiophene rings is 1. The molecule has 1 aliphatic rings. The van der Waals surface area contributed by atoms with E-state index in [1.54, 1.807) is 30.5 Å². The van der Waals surface area contributed by atoms with Gasteiger partial charge in [-0.2, -0.15) is 0 Å². The fourth-order valence-corrected chi connectivity index (χ4v) is 4.74. The summed E-state index contributed by atoms with van der Waals surface area (Å²) in [5, 5.41) is 0. The molecule has 0 saturated heterocycles. The maximum atomic E-state index is 13.5. The SMILES string of the molecule is CCC(C)N(CC(=O)N(CCc1ccc(OC)c(OC)c1)Cc1ccc(C)s1)C(=O)C1CC1. The molecule has 1 fully saturated rings. The standard InChI is InChI=1S/C26H36N2O4S/c1-6-18(2)28(26(30)21-9-10-21)17-25(29)27(16-22-11-7-19(3)33-22)14-13-20-8-12-23(31-4)24(15-20)32-5/h7-8,11-12,15,18,21H,6,9-10,13-14,16-17H2,1-5H3. The van der Waals surface area contributed by atoms with Crippen molar-refractivity contribution in [3.8, 4) is 11.5 Å². The molecule has 0 spiro atoms. The highest BCUT2D eigenvalue weighted by atomic mass is 32.1. The third kappa shape index (κ3) is 6.73. The zero-order valence-electron chi connectivity index (χ0n) is 20.4. The van der Waals surface area contributed by atoms with Crippen LogP contribution in [0.25, 0.3) is 0 Å². The zero-order valence-corrected chi connectivity index (χ0v) is 21.2. The van der Waals surface area contributed by atoms with Crippen LogP contribution in [0.4, 0.5) is 0 Å². The van der Waals surface area contributed by atoms with Gasteiger partial charge in [0.05, 0.1) is 20.8 Å². The lowest BCUT2D eigenvalue weighted by molar-refractivity contribution is -0.143. The van der Waals surface area contributed by atoms with Crippen LogP contribution < -0.4 is 9.47 Å². The van der Waals surface area contributed by atoms with Gasteiger partial charge in [-0.3, -0.25) is 9.59 Å². The molecule has 6 nitrogen and oxygen atoms in total. The third-order valence-corrected chi connectivity index (χ3v) is 7.24. The lowest BCUT2D eigenvalue weighted by Crippen LogP contribution is -2.47. The minimum absolute atomic E-state index is 0.00386. The number of nitrogens with zero attached hydrogens (tertiary/aromatic N) is 2. The van der Waals surface area contributed by atoms with Gasteiger partial charge in [-0.25, -0.2) is 0 Å². The molecule has 2 aromatic rings. The first-order chi connectivity index (χ1) is 15.9. The van der Waals surface area contributed by atoms with E-state index < -0.39 is 0 Å². The lowest BCUT2D eigenvalue weighted by atomic mass is 10.1. The largest absolute Gasteiger partial charge is 0.493 e. The van der Waals surface area contributed by atoms with Crippen LogP contribution in [0.3, 0.4) is 0 Å². The first-order valence-corrected chi connectivity index (χ1v) is 12.5. The number of ether oxygens (including phenoxy) is 2. The van der Waals surface area contributed by atoms with Crippen LogP contribution >= 0.6 is 11.3 Å². The Hall–Kier alpha value is -2.54. The predicted molar refractivity (Wildman–Crippen MR) is 132 cm³/mol. The summed E-state index contributed by atoms with van der Waals surface area (Å²) < 4.78 is 10.8. The van der Waals surface area contributed by atoms with Gasteiger partial charge >= 0.3 is 0 Å². The normalized spacial score (nSPS) is 14.0. The fourth-order valence-electron chi connectivity index (χ4n) is 3.83. The molecule has 1 aromatic carbocycles. The van der Waals surface area contributed by atoms with E-state index in [1.807, 2.05) is 30.0 Å². The van der Waals surface area contributed by atoms with Gasteiger partial charge in [-0.1, -0.05) is 13.0 Å². The van der Waals surface area contributed by atoms with Crippen LogP contribution in [0.5, 0.6) is 11.5 Å². The summed E-state index contributed by atoms with van der Waals surface area (Å²) >= 11 is 1.71. The number of benzene rings is 1. The number of carbonyl (C=O) groups is 2. The van der Waals surface area contributed by atoms with Crippen molar-refractivity contribution in [1.82, 2.24) is 9.80 Å². The Bertz CT molecular complexity index is 954. The number of hydrogen-bond acceptors (Lipinski definition) is 5. The van der Waals surface area contributed by atoms with E-state index in [0.29, 0.717) is 31.0 Å². The van der Waals surface area contributed by atoms with E-state index in [9.17, 15) is 9.59 Å². The lowest BCUT2D eigenvalue weighted by Gasteiger charge is -2.31. The summed E-state index contributed by atoms with van der Waals surface area (Å²) in [6.45, 7) is 7.42. The average molecular weight is 473 g/mol. The third-order valence-electron chi connectivity index (χ3n) is 6.25. The van der Waals surface area contributed by atoms with E-state index in [-0.39, 0.29) is 30.3 Å². The van der Waals surface area contributed by atoms with Crippen molar-refractivity contribution < 1.29 is 19.1 Å². The van der Waals surface area contributed by atoms with Crippen molar-refractivity contribution in [2.24, 2.45) is 5.92 Å². The Kier molecular flexibility index (Phi) is 8.78. The summed E-state index contributed by atoms with van der Waals surface area (Å²) in [5.41, 5.74) is 1.07. The van der Waals surface area contributed by atoms with Crippen LogP contribution in [-0.4, -0.2) is 55.0 Å². The van der Waals surface area contributed by atoms with Gasteiger partial charge in [0.2, 0.25) is 11.8 Å². The molecule has 0 N–H and O–H groups in total. The molecular weight excluding hydrogens is 436 g/mol. The van der Waals surface area contributed by atoms with Crippen molar-refractivity contribution in [3.63, 3.8) is 0 Å². The maximum absolute atomic E-state index is 13.5. The summed E-state index contributed by atoms with van der Waals surface area (Å²) in [6, 6.07) is 10.1. The Morgan fingerprint density at radius 1 is 1.12 bits per heavy atom. The van der Waals surface area contributed by atoms with E-state index in [2.05, 4.69) is 26.0 Å². The molecule has 33 heavy (non-hydrogen) atoms. The number of methoxy groups -OCH3 is 2. The number of hydrogen-bond donors (Lipinski definition) is 0. The summed E-state index contributed by atoms with van der Waals surface area (Å²) in [5.74, 6) is 1.60. The molecule has 0 aliphatic heterocycles. The highest BCUT2D eigenvalue weighted by molar-refractivity contribution is 7.11. The molecule has 1 saturated carbocycles. The highest BCUT2D eigenvalue weighted by Crippen LogP contribution is 2.32. The smallest absolute Gasteiger partial charge is 0.242 e. The Morgan fingerprint density at radius 3 is 2.42 bits per heavy atom. The Balaban J connectivity index is 1.75. The van der Waals surface area contributed by atoms with E-state index in [1.165, 1.54) is 4.88 Å². The summed E-state index contributed by atoms with van der Waals surface area (Å²) in [7, 11) is 3.24. The summed E-state index contributed by atoms with van der Waals surface area (Å²) in [6.07, 6.45) is 3.41. The zero-order chi connectivity index (χ0) is 24.0. The van der Waals surface area contributed by atoms with Gasteiger partial charge in [0, 0.05) is 28.3 Å². The molecule has 0 radical (unpaired) electrons. The number of amides is 2. The minimum atomic E-state index is -0.00386. The monoisotopic (exact) mass is 472 g/mol. The second-order valence-corrected chi connectivity index (χ2v) is 10.1. The molecule has 180 valence electrons. The van der Waals surface area contributed by atoms with Gasteiger partial charge in [0.1, 0.15) is 6.54 Å². The molecule has 1 atom stereocenters. The second-order valence-electron chi connectivity index (χ2n) is 8.76. The van der Waals surface area contributed by atoms with Crippen LogP contribution in [-0.2, 0) is 22.6 Å². The molecule has 1 aliphatic carbocycles. The van der Waals surface area contributed by atoms with Crippen LogP contribution in [0.15, 0.2) is 30.3 Å². The summed E-state index contributed by atoms with van der Waals surface area (Å²) in [4.78, 5) is 32.4. The van der Waals surface area contributed by atoms with Gasteiger partial charge in [-0.05, 0) is 69.4 Å². The molecule has 3 rings (SSSR count). The van der Waals surface area contributed by atoms with Crippen molar-refractivity contribution in [2.45, 2.75) is 59.0 Å². The average Bonchev–Trinajstić information content (AvgIpc) is 3.60. The van der Waals surface area contributed by atoms with Crippen LogP contribution in [0, 0.1) is 12.8 Å². The van der Waals surface area contributed by atoms with E-state index in [4.69, 9.17) is 9.47 Å². The molecular formula is C26H36N2O4S. The topological polar surface area (TPSA) is 59.1 Å². The molecule has 1 heterocycles. The van der Waals surface area contributed by atoms with Crippen LogP contribution in [0.2, 0.25) is 0 Å². The van der Waals surface area contributed by atoms with Crippen molar-refractivity contribution in [1.29, 1.82) is 0 Å². The number of carbonyl (C=O) groups excluding carboxylic acids is 2. The van der Waals surface area contributed by atoms with Gasteiger partial charge in [0.25, 0.3) is 0 Å². The van der Waals surface area contributed by atoms with Gasteiger partial charge < -0.3 is 19.3 Å². The quantitative estimate of drug-likeness (QED) is 0.450. The Morgan fingerprint density at radius 2 is 1.85 bits per heavy atom. The van der Waals surface area contributed by atoms with Crippen molar-refractivity contribution >= 4 is 23.2 Å². The van der Waals surface area contributed by atoms with Gasteiger partial charge in [0.15, 0.2) is 11.5 Å². The number of rotatable bonds is 12. The Labute approximate surface area is 201 Å². The number of aryl methyl sites for hydroxylation is 1. The van der Waals surface area contributed by atoms with E-state index in [0.717, 1.165) is 29.7 Å². The first-order valence-electron chi connectivity index (χ1n) is 11.7. The molecule has 7 heteroatoms. The van der Waals surface area contributed by atoms with Crippen LogP contribution in [0.1, 0.15) is 48.4 Å². The fraction of sp³-hybridized carbons (Fsp3) is 0.538. The molecule has 1 aromatic heterocycles. The molecule has 2 amide bonds. The van der Waals surface area contributed by atoms with E-state index >= 15 is 0 Å². The maximum Gasteiger partial charge on any atom is 0.242 e. The second kappa shape index (κ2) is 11.5. The molecule has 0 bridgehead atoms. The minimum Gasteiger partial charge on any atom is -0.493 e. The predicted octanol–water partition coefficient (Wildman–Crippen LogP) is 4.68. The molecule has 1 unspecified atom stereocenters. The van der Waals surface area contributed by atoms with Crippen molar-refractivity contribution in [2.75, 3.05) is 27.3 Å². The highest BCUT2D eigenvalue weighted by Gasteiger charge is 2.36. The first kappa shape index (κ1) is 25.1. The van der Waals surface area contributed by atoms with Crippen molar-refractivity contribution in [3.05, 3.63) is 45.6 Å². The van der Waals surface area contributed by atoms with Gasteiger partial charge in [-0.15, -0.1) is 11.3 Å².